The maximum Gasteiger partial charge on any atom is 0.264 e. The minimum absolute atomic E-state index is 0.0975. The molecule has 0 fully saturated rings. The number of ether oxygens (including phenoxy) is 1. The molecule has 1 aliphatic heterocycles. The highest BCUT2D eigenvalue weighted by atomic mass is 32.2. The molecule has 0 saturated heterocycles. The van der Waals surface area contributed by atoms with Crippen LogP contribution in [0.5, 0.6) is 5.75 Å². The molecule has 2 atom stereocenters. The summed E-state index contributed by atoms with van der Waals surface area (Å²) in [4.78, 5) is 13.7. The minimum Gasteiger partial charge on any atom is -0.476 e. The van der Waals surface area contributed by atoms with Crippen LogP contribution in [-0.4, -0.2) is 27.0 Å². The van der Waals surface area contributed by atoms with E-state index in [-0.39, 0.29) is 23.4 Å². The monoisotopic (exact) mass is 504 g/mol. The van der Waals surface area contributed by atoms with Gasteiger partial charge >= 0.3 is 0 Å². The molecule has 2 aliphatic rings. The molecule has 1 aliphatic carbocycles. The van der Waals surface area contributed by atoms with Gasteiger partial charge in [-0.15, -0.1) is 0 Å². The summed E-state index contributed by atoms with van der Waals surface area (Å²) < 4.78 is 34.5. The van der Waals surface area contributed by atoms with Crippen LogP contribution in [0.4, 0.5) is 5.69 Å². The van der Waals surface area contributed by atoms with E-state index in [1.165, 1.54) is 28.3 Å². The summed E-state index contributed by atoms with van der Waals surface area (Å²) in [5.41, 5.74) is 5.20. The van der Waals surface area contributed by atoms with Crippen molar-refractivity contribution in [1.29, 1.82) is 0 Å². The lowest BCUT2D eigenvalue weighted by Crippen LogP contribution is -2.51. The Balaban J connectivity index is 1.42. The van der Waals surface area contributed by atoms with Gasteiger partial charge in [-0.1, -0.05) is 49.4 Å². The maximum absolute atomic E-state index is 13.6. The highest BCUT2D eigenvalue weighted by Gasteiger charge is 2.38. The molecule has 36 heavy (non-hydrogen) atoms. The Morgan fingerprint density at radius 3 is 2.53 bits per heavy atom. The number of nitrogens with zero attached hydrogens (tertiary/aromatic N) is 1. The Kier molecular flexibility index (Phi) is 6.75. The zero-order chi connectivity index (χ0) is 25.3. The van der Waals surface area contributed by atoms with Crippen LogP contribution < -0.4 is 14.4 Å². The number of anilines is 1. The predicted octanol–water partition coefficient (Wildman–Crippen LogP) is 5.10. The molecule has 3 aromatic rings. The van der Waals surface area contributed by atoms with Crippen molar-refractivity contribution in [2.45, 2.75) is 63.0 Å². The summed E-state index contributed by atoms with van der Waals surface area (Å²) in [6.45, 7) is 3.85. The van der Waals surface area contributed by atoms with Gasteiger partial charge < -0.3 is 10.1 Å². The zero-order valence-electron chi connectivity index (χ0n) is 20.7. The Labute approximate surface area is 213 Å². The third-order valence-electron chi connectivity index (χ3n) is 7.11. The third kappa shape index (κ3) is 4.72. The minimum atomic E-state index is -3.88. The molecule has 1 amide bonds. The number of carbonyl (C=O) groups excluding carboxylic acids is 1. The zero-order valence-corrected chi connectivity index (χ0v) is 21.6. The van der Waals surface area contributed by atoms with Gasteiger partial charge in [0.25, 0.3) is 15.9 Å². The molecular formula is C29H32N2O4S. The first-order chi connectivity index (χ1) is 17.4. The SMILES string of the molecule is CCC(NC(=O)C1CN(S(=O)(=O)c2ccccc2)c2ccc(C)cc2O1)c1ccc2c(c1)CCCC2. The largest absolute Gasteiger partial charge is 0.476 e. The van der Waals surface area contributed by atoms with Crippen molar-refractivity contribution < 1.29 is 17.9 Å². The molecule has 2 unspecified atom stereocenters. The fourth-order valence-electron chi connectivity index (χ4n) is 5.10. The number of carbonyl (C=O) groups is 1. The van der Waals surface area contributed by atoms with E-state index in [1.54, 1.807) is 42.5 Å². The van der Waals surface area contributed by atoms with Gasteiger partial charge in [-0.2, -0.15) is 0 Å². The average Bonchev–Trinajstić information content (AvgIpc) is 2.91. The molecule has 5 rings (SSSR count). The molecule has 0 aromatic heterocycles. The summed E-state index contributed by atoms with van der Waals surface area (Å²) >= 11 is 0. The second kappa shape index (κ2) is 9.97. The molecule has 0 radical (unpaired) electrons. The van der Waals surface area contributed by atoms with Crippen LogP contribution in [0.2, 0.25) is 0 Å². The lowest BCUT2D eigenvalue weighted by molar-refractivity contribution is -0.128. The number of rotatable bonds is 6. The topological polar surface area (TPSA) is 75.7 Å². The molecule has 188 valence electrons. The number of aryl methyl sites for hydroxylation is 3. The summed E-state index contributed by atoms with van der Waals surface area (Å²) in [5.74, 6) is 0.0720. The van der Waals surface area contributed by atoms with Gasteiger partial charge in [-0.25, -0.2) is 8.42 Å². The van der Waals surface area contributed by atoms with Crippen molar-refractivity contribution in [3.8, 4) is 5.75 Å². The van der Waals surface area contributed by atoms with Crippen molar-refractivity contribution in [2.24, 2.45) is 0 Å². The van der Waals surface area contributed by atoms with Gasteiger partial charge in [-0.3, -0.25) is 9.10 Å². The first-order valence-corrected chi connectivity index (χ1v) is 14.1. The van der Waals surface area contributed by atoms with Crippen LogP contribution in [-0.2, 0) is 27.7 Å². The molecule has 7 heteroatoms. The van der Waals surface area contributed by atoms with Gasteiger partial charge in [0.2, 0.25) is 0 Å². The lowest BCUT2D eigenvalue weighted by atomic mass is 9.88. The quantitative estimate of drug-likeness (QED) is 0.507. The number of sulfonamides is 1. The Hall–Kier alpha value is -3.32. The normalized spacial score (nSPS) is 17.9. The molecule has 0 spiro atoms. The van der Waals surface area contributed by atoms with Crippen LogP contribution in [0, 0.1) is 6.92 Å². The summed E-state index contributed by atoms with van der Waals surface area (Å²) in [5, 5.41) is 3.13. The molecule has 1 N–H and O–H groups in total. The number of amides is 1. The first kappa shape index (κ1) is 24.4. The fourth-order valence-corrected chi connectivity index (χ4v) is 6.60. The van der Waals surface area contributed by atoms with Crippen LogP contribution in [0.15, 0.2) is 71.6 Å². The van der Waals surface area contributed by atoms with Gasteiger partial charge in [0.1, 0.15) is 5.75 Å². The van der Waals surface area contributed by atoms with E-state index in [0.29, 0.717) is 11.4 Å². The van der Waals surface area contributed by atoms with Gasteiger partial charge in [-0.05, 0) is 85.5 Å². The van der Waals surface area contributed by atoms with Crippen molar-refractivity contribution in [3.63, 3.8) is 0 Å². The molecule has 6 nitrogen and oxygen atoms in total. The van der Waals surface area contributed by atoms with E-state index >= 15 is 0 Å². The number of fused-ring (bicyclic) bond motifs is 2. The number of hydrogen-bond acceptors (Lipinski definition) is 4. The molecule has 3 aromatic carbocycles. The Morgan fingerprint density at radius 1 is 1.03 bits per heavy atom. The number of hydrogen-bond donors (Lipinski definition) is 1. The average molecular weight is 505 g/mol. The van der Waals surface area contributed by atoms with E-state index in [4.69, 9.17) is 4.74 Å². The summed E-state index contributed by atoms with van der Waals surface area (Å²) in [6, 6.07) is 20.0. The Morgan fingerprint density at radius 2 is 1.78 bits per heavy atom. The first-order valence-electron chi connectivity index (χ1n) is 12.6. The molecular weight excluding hydrogens is 472 g/mol. The highest BCUT2D eigenvalue weighted by Crippen LogP contribution is 2.38. The number of nitrogens with one attached hydrogen (secondary N) is 1. The number of benzene rings is 3. The van der Waals surface area contributed by atoms with E-state index in [9.17, 15) is 13.2 Å². The van der Waals surface area contributed by atoms with Gasteiger partial charge in [0, 0.05) is 0 Å². The summed E-state index contributed by atoms with van der Waals surface area (Å²) in [6.07, 6.45) is 4.35. The van der Waals surface area contributed by atoms with Crippen molar-refractivity contribution in [3.05, 3.63) is 89.0 Å². The fraction of sp³-hybridized carbons (Fsp3) is 0.345. The van der Waals surface area contributed by atoms with Crippen molar-refractivity contribution >= 4 is 21.6 Å². The molecule has 1 heterocycles. The van der Waals surface area contributed by atoms with Crippen molar-refractivity contribution in [2.75, 3.05) is 10.8 Å². The maximum atomic E-state index is 13.6. The molecule has 0 saturated carbocycles. The lowest BCUT2D eigenvalue weighted by Gasteiger charge is -2.35. The van der Waals surface area contributed by atoms with Crippen LogP contribution >= 0.6 is 0 Å². The highest BCUT2D eigenvalue weighted by molar-refractivity contribution is 7.92. The van der Waals surface area contributed by atoms with Crippen LogP contribution in [0.3, 0.4) is 0 Å². The van der Waals surface area contributed by atoms with E-state index in [2.05, 4.69) is 23.5 Å². The second-order valence-corrected chi connectivity index (χ2v) is 11.5. The molecule has 0 bridgehead atoms. The van der Waals surface area contributed by atoms with E-state index in [1.807, 2.05) is 19.9 Å². The smallest absolute Gasteiger partial charge is 0.264 e. The predicted molar refractivity (Wildman–Crippen MR) is 141 cm³/mol. The Bertz CT molecular complexity index is 1370. The second-order valence-electron chi connectivity index (χ2n) is 9.63. The standard InChI is InChI=1S/C29H32N2O4S/c1-3-25(23-15-14-21-9-7-8-10-22(21)18-23)30-29(32)28-19-31(26-16-13-20(2)17-27(26)35-28)36(33,34)24-11-5-4-6-12-24/h4-6,11-18,25,28H,3,7-10,19H2,1-2H3,(H,30,32). The van der Waals surface area contributed by atoms with Crippen molar-refractivity contribution in [1.82, 2.24) is 5.32 Å². The van der Waals surface area contributed by atoms with E-state index in [0.717, 1.165) is 30.4 Å². The van der Waals surface area contributed by atoms with Crippen LogP contribution in [0.1, 0.15) is 54.5 Å². The summed E-state index contributed by atoms with van der Waals surface area (Å²) in [7, 11) is -3.88. The van der Waals surface area contributed by atoms with Gasteiger partial charge in [0.15, 0.2) is 6.10 Å². The van der Waals surface area contributed by atoms with Crippen LogP contribution in [0.25, 0.3) is 0 Å². The van der Waals surface area contributed by atoms with E-state index < -0.39 is 16.1 Å². The van der Waals surface area contributed by atoms with Gasteiger partial charge in [0.05, 0.1) is 23.2 Å². The third-order valence-corrected chi connectivity index (χ3v) is 8.90.